The minimum Gasteiger partial charge on any atom is -0.366 e. The summed E-state index contributed by atoms with van der Waals surface area (Å²) in [5.74, 6) is 0. The molecule has 2 rings (SSSR count). The molecule has 2 aromatic rings. The maximum absolute atomic E-state index is 13.2. The Bertz CT molecular complexity index is 1060. The van der Waals surface area contributed by atoms with E-state index in [0.717, 1.165) is 18.7 Å². The molecule has 0 aliphatic rings. The second-order valence-corrected chi connectivity index (χ2v) is 9.48. The van der Waals surface area contributed by atoms with Gasteiger partial charge in [-0.3, -0.25) is 0 Å². The average molecular weight is 466 g/mol. The SMILES string of the molecule is CCN(C)/C=N\c1cc(C)c(S(C)(=O)=Nc2ccc(Cl)c(C(F)(F)F)c2)cc1Cl. The molecule has 0 saturated heterocycles. The van der Waals surface area contributed by atoms with Crippen LogP contribution < -0.4 is 0 Å². The molecule has 1 atom stereocenters. The molecule has 0 aliphatic heterocycles. The smallest absolute Gasteiger partial charge is 0.366 e. The maximum atomic E-state index is 13.2. The fraction of sp³-hybridized carbons (Fsp3) is 0.316. The van der Waals surface area contributed by atoms with Crippen LogP contribution in [0, 0.1) is 6.92 Å². The molecule has 0 radical (unpaired) electrons. The number of aliphatic imine (C=N–C) groups is 1. The fourth-order valence-electron chi connectivity index (χ4n) is 2.44. The second-order valence-electron chi connectivity index (χ2n) is 6.44. The molecule has 10 heteroatoms. The van der Waals surface area contributed by atoms with Crippen LogP contribution in [0.15, 0.2) is 44.6 Å². The van der Waals surface area contributed by atoms with E-state index in [-0.39, 0.29) is 10.7 Å². The summed E-state index contributed by atoms with van der Waals surface area (Å²) in [5, 5.41) is -0.180. The van der Waals surface area contributed by atoms with Gasteiger partial charge in [-0.15, -0.1) is 0 Å². The third kappa shape index (κ3) is 5.87. The predicted octanol–water partition coefficient (Wildman–Crippen LogP) is 6.72. The van der Waals surface area contributed by atoms with Gasteiger partial charge in [0, 0.05) is 19.8 Å². The first-order chi connectivity index (χ1) is 13.3. The van der Waals surface area contributed by atoms with Crippen molar-refractivity contribution in [1.29, 1.82) is 0 Å². The topological polar surface area (TPSA) is 45.0 Å². The highest BCUT2D eigenvalue weighted by Gasteiger charge is 2.33. The van der Waals surface area contributed by atoms with Crippen LogP contribution in [0.25, 0.3) is 0 Å². The van der Waals surface area contributed by atoms with Gasteiger partial charge in [0.2, 0.25) is 0 Å². The van der Waals surface area contributed by atoms with Crippen molar-refractivity contribution in [1.82, 2.24) is 4.90 Å². The number of aryl methyl sites for hydroxylation is 1. The third-order valence-corrected chi connectivity index (χ3v) is 6.53. The molecule has 0 N–H and O–H groups in total. The largest absolute Gasteiger partial charge is 0.417 e. The Balaban J connectivity index is 2.52. The second kappa shape index (κ2) is 8.93. The molecular weight excluding hydrogens is 446 g/mol. The van der Waals surface area contributed by atoms with Crippen molar-refractivity contribution in [2.24, 2.45) is 9.36 Å². The highest BCUT2D eigenvalue weighted by atomic mass is 35.5. The predicted molar refractivity (Wildman–Crippen MR) is 114 cm³/mol. The van der Waals surface area contributed by atoms with Crippen LogP contribution >= 0.6 is 23.2 Å². The van der Waals surface area contributed by atoms with Gasteiger partial charge in [-0.25, -0.2) is 9.20 Å². The van der Waals surface area contributed by atoms with Crippen molar-refractivity contribution in [2.45, 2.75) is 24.9 Å². The number of halogens is 5. The molecule has 29 heavy (non-hydrogen) atoms. The van der Waals surface area contributed by atoms with Crippen LogP contribution in [0.4, 0.5) is 24.5 Å². The Labute approximate surface area is 178 Å². The van der Waals surface area contributed by atoms with Crippen LogP contribution in [0.1, 0.15) is 18.1 Å². The summed E-state index contributed by atoms with van der Waals surface area (Å²) < 4.78 is 56.5. The summed E-state index contributed by atoms with van der Waals surface area (Å²) in [7, 11) is -1.22. The van der Waals surface area contributed by atoms with E-state index in [2.05, 4.69) is 9.36 Å². The van der Waals surface area contributed by atoms with E-state index < -0.39 is 26.5 Å². The van der Waals surface area contributed by atoms with E-state index in [0.29, 0.717) is 16.1 Å². The molecule has 0 spiro atoms. The molecular formula is C19H20Cl2F3N3OS. The number of hydrogen-bond acceptors (Lipinski definition) is 3. The van der Waals surface area contributed by atoms with Gasteiger partial charge in [0.25, 0.3) is 0 Å². The Morgan fingerprint density at radius 1 is 1.17 bits per heavy atom. The van der Waals surface area contributed by atoms with Gasteiger partial charge in [0.05, 0.1) is 47.9 Å². The van der Waals surface area contributed by atoms with E-state index in [1.165, 1.54) is 18.4 Å². The van der Waals surface area contributed by atoms with Crippen LogP contribution in [0.3, 0.4) is 0 Å². The summed E-state index contributed by atoms with van der Waals surface area (Å²) in [6.07, 6.45) is -1.66. The maximum Gasteiger partial charge on any atom is 0.417 e. The normalized spacial score (nSPS) is 14.1. The highest BCUT2D eigenvalue weighted by Crippen LogP contribution is 2.38. The zero-order valence-electron chi connectivity index (χ0n) is 16.2. The van der Waals surface area contributed by atoms with E-state index in [1.54, 1.807) is 19.3 Å². The monoisotopic (exact) mass is 465 g/mol. The van der Waals surface area contributed by atoms with Crippen molar-refractivity contribution >= 4 is 50.6 Å². The Morgan fingerprint density at radius 3 is 2.41 bits per heavy atom. The molecule has 0 amide bonds. The summed E-state index contributed by atoms with van der Waals surface area (Å²) >= 11 is 11.9. The zero-order valence-corrected chi connectivity index (χ0v) is 18.5. The van der Waals surface area contributed by atoms with Gasteiger partial charge in [-0.2, -0.15) is 17.5 Å². The minimum atomic E-state index is -4.64. The van der Waals surface area contributed by atoms with Crippen molar-refractivity contribution in [3.8, 4) is 0 Å². The van der Waals surface area contributed by atoms with Gasteiger partial charge in [0.15, 0.2) is 0 Å². The van der Waals surface area contributed by atoms with Crippen molar-refractivity contribution in [2.75, 3.05) is 19.8 Å². The number of benzene rings is 2. The van der Waals surface area contributed by atoms with Crippen LogP contribution in [0.5, 0.6) is 0 Å². The lowest BCUT2D eigenvalue weighted by molar-refractivity contribution is -0.137. The molecule has 2 aromatic carbocycles. The molecule has 4 nitrogen and oxygen atoms in total. The molecule has 0 fully saturated rings. The van der Waals surface area contributed by atoms with E-state index >= 15 is 0 Å². The van der Waals surface area contributed by atoms with Gasteiger partial charge in [0.1, 0.15) is 0 Å². The van der Waals surface area contributed by atoms with Gasteiger partial charge in [-0.1, -0.05) is 23.2 Å². The first-order valence-corrected chi connectivity index (χ1v) is 11.2. The number of rotatable bonds is 5. The van der Waals surface area contributed by atoms with E-state index in [1.807, 2.05) is 18.9 Å². The Kier molecular flexibility index (Phi) is 7.24. The van der Waals surface area contributed by atoms with E-state index in [4.69, 9.17) is 23.2 Å². The Morgan fingerprint density at radius 2 is 1.83 bits per heavy atom. The standard InChI is InChI=1S/C19H20Cl2F3N3OS/c1-5-27(3)11-25-17-8-12(2)18(10-16(17)21)29(4,28)26-13-6-7-15(20)14(9-13)19(22,23)24/h6-11H,5H2,1-4H3/b25-11-. The zero-order chi connectivity index (χ0) is 22.0. The highest BCUT2D eigenvalue weighted by molar-refractivity contribution is 7.93. The first-order valence-electron chi connectivity index (χ1n) is 8.48. The lowest BCUT2D eigenvalue weighted by Gasteiger charge is -2.13. The number of nitrogens with zero attached hydrogens (tertiary/aromatic N) is 3. The minimum absolute atomic E-state index is 0.0867. The summed E-state index contributed by atoms with van der Waals surface area (Å²) in [5.41, 5.74) is -0.0113. The van der Waals surface area contributed by atoms with Crippen molar-refractivity contribution in [3.63, 3.8) is 0 Å². The lowest BCUT2D eigenvalue weighted by Crippen LogP contribution is -2.14. The van der Waals surface area contributed by atoms with Crippen molar-refractivity contribution < 1.29 is 17.4 Å². The van der Waals surface area contributed by atoms with Gasteiger partial charge >= 0.3 is 6.18 Å². The van der Waals surface area contributed by atoms with E-state index in [9.17, 15) is 17.4 Å². The molecule has 0 bridgehead atoms. The lowest BCUT2D eigenvalue weighted by atomic mass is 10.2. The summed E-state index contributed by atoms with van der Waals surface area (Å²) in [6.45, 7) is 4.45. The van der Waals surface area contributed by atoms with Crippen LogP contribution in [0.2, 0.25) is 10.0 Å². The molecule has 0 saturated carbocycles. The molecule has 1 unspecified atom stereocenters. The van der Waals surface area contributed by atoms with Crippen LogP contribution in [-0.2, 0) is 15.9 Å². The van der Waals surface area contributed by atoms with Gasteiger partial charge in [-0.05, 0) is 49.7 Å². The Hall–Kier alpha value is -1.77. The van der Waals surface area contributed by atoms with Crippen LogP contribution in [-0.4, -0.2) is 35.3 Å². The average Bonchev–Trinajstić information content (AvgIpc) is 2.62. The quantitative estimate of drug-likeness (QED) is 0.363. The summed E-state index contributed by atoms with van der Waals surface area (Å²) in [6, 6.07) is 6.31. The first kappa shape index (κ1) is 23.5. The summed E-state index contributed by atoms with van der Waals surface area (Å²) in [4.78, 5) is 6.48. The molecule has 158 valence electrons. The molecule has 0 aliphatic carbocycles. The number of hydrogen-bond donors (Lipinski definition) is 0. The van der Waals surface area contributed by atoms with Crippen molar-refractivity contribution in [3.05, 3.63) is 51.5 Å². The molecule has 0 heterocycles. The fourth-order valence-corrected chi connectivity index (χ4v) is 4.54. The van der Waals surface area contributed by atoms with Gasteiger partial charge < -0.3 is 4.90 Å². The molecule has 0 aromatic heterocycles. The number of alkyl halides is 3. The third-order valence-electron chi connectivity index (χ3n) is 4.08.